The second kappa shape index (κ2) is 6.01. The SMILES string of the molecule is C#C/C=C\C1=C(C)C(=O)N([C@@H](CC)C(=O)OC)C1=O. The third-order valence-electron chi connectivity index (χ3n) is 2.91. The number of imide groups is 1. The minimum absolute atomic E-state index is 0.213. The second-order valence-corrected chi connectivity index (χ2v) is 3.97. The predicted octanol–water partition coefficient (Wildman–Crippen LogP) is 0.813. The first-order chi connectivity index (χ1) is 8.99. The van der Waals surface area contributed by atoms with Crippen LogP contribution in [0.2, 0.25) is 0 Å². The summed E-state index contributed by atoms with van der Waals surface area (Å²) in [5, 5.41) is 0. The van der Waals surface area contributed by atoms with E-state index in [9.17, 15) is 14.4 Å². The maximum absolute atomic E-state index is 12.2. The Morgan fingerprint density at radius 2 is 2.11 bits per heavy atom. The molecule has 0 aromatic carbocycles. The number of methoxy groups -OCH3 is 1. The van der Waals surface area contributed by atoms with Crippen LogP contribution in [-0.2, 0) is 19.1 Å². The fourth-order valence-corrected chi connectivity index (χ4v) is 1.88. The minimum Gasteiger partial charge on any atom is -0.467 e. The number of rotatable bonds is 4. The van der Waals surface area contributed by atoms with Crippen molar-refractivity contribution in [3.8, 4) is 12.3 Å². The van der Waals surface area contributed by atoms with Crippen molar-refractivity contribution in [2.45, 2.75) is 26.3 Å². The van der Waals surface area contributed by atoms with Gasteiger partial charge >= 0.3 is 5.97 Å². The molecule has 5 heteroatoms. The van der Waals surface area contributed by atoms with Crippen LogP contribution in [0.4, 0.5) is 0 Å². The molecule has 1 rings (SSSR count). The summed E-state index contributed by atoms with van der Waals surface area (Å²) in [5.74, 6) is 0.633. The zero-order valence-corrected chi connectivity index (χ0v) is 11.1. The average molecular weight is 261 g/mol. The first-order valence-electron chi connectivity index (χ1n) is 5.78. The number of terminal acetylenes is 1. The maximum Gasteiger partial charge on any atom is 0.329 e. The Morgan fingerprint density at radius 3 is 2.58 bits per heavy atom. The summed E-state index contributed by atoms with van der Waals surface area (Å²) in [6.45, 7) is 3.23. The smallest absolute Gasteiger partial charge is 0.329 e. The lowest BCUT2D eigenvalue weighted by molar-refractivity contribution is -0.155. The van der Waals surface area contributed by atoms with Gasteiger partial charge < -0.3 is 4.74 Å². The highest BCUT2D eigenvalue weighted by Gasteiger charge is 2.41. The van der Waals surface area contributed by atoms with Crippen molar-refractivity contribution in [2.24, 2.45) is 0 Å². The van der Waals surface area contributed by atoms with Gasteiger partial charge in [0.15, 0.2) is 0 Å². The van der Waals surface area contributed by atoms with Crippen LogP contribution in [0.15, 0.2) is 23.3 Å². The van der Waals surface area contributed by atoms with Gasteiger partial charge in [0.2, 0.25) is 0 Å². The lowest BCUT2D eigenvalue weighted by atomic mass is 10.1. The number of carbonyl (C=O) groups is 3. The molecule has 1 aliphatic rings. The topological polar surface area (TPSA) is 63.7 Å². The third kappa shape index (κ3) is 2.58. The molecule has 2 amide bonds. The molecular weight excluding hydrogens is 246 g/mol. The Labute approximate surface area is 111 Å². The third-order valence-corrected chi connectivity index (χ3v) is 2.91. The number of allylic oxidation sites excluding steroid dienone is 1. The fourth-order valence-electron chi connectivity index (χ4n) is 1.88. The number of ether oxygens (including phenoxy) is 1. The summed E-state index contributed by atoms with van der Waals surface area (Å²) in [5.41, 5.74) is 0.490. The van der Waals surface area contributed by atoms with Gasteiger partial charge in [-0.15, -0.1) is 6.42 Å². The molecule has 0 spiro atoms. The van der Waals surface area contributed by atoms with Crippen LogP contribution >= 0.6 is 0 Å². The van der Waals surface area contributed by atoms with Gasteiger partial charge in [-0.25, -0.2) is 4.79 Å². The molecule has 0 unspecified atom stereocenters. The molecule has 0 fully saturated rings. The molecule has 1 aliphatic heterocycles. The molecule has 0 saturated heterocycles. The Morgan fingerprint density at radius 1 is 1.47 bits per heavy atom. The quantitative estimate of drug-likeness (QED) is 0.427. The van der Waals surface area contributed by atoms with Gasteiger partial charge in [0.1, 0.15) is 6.04 Å². The van der Waals surface area contributed by atoms with Crippen LogP contribution in [0.1, 0.15) is 20.3 Å². The van der Waals surface area contributed by atoms with Crippen LogP contribution in [0.25, 0.3) is 0 Å². The van der Waals surface area contributed by atoms with E-state index in [1.807, 2.05) is 0 Å². The van der Waals surface area contributed by atoms with E-state index in [1.165, 1.54) is 26.2 Å². The standard InChI is InChI=1S/C14H15NO4/c1-5-7-8-10-9(3)12(16)15(13(10)17)11(6-2)14(18)19-4/h1,7-8,11H,6H2,2-4H3/b8-7-/t11-/m0/s1. The van der Waals surface area contributed by atoms with E-state index in [0.717, 1.165) is 4.90 Å². The Bertz CT molecular complexity index is 522. The van der Waals surface area contributed by atoms with Gasteiger partial charge in [-0.1, -0.05) is 12.8 Å². The maximum atomic E-state index is 12.2. The van der Waals surface area contributed by atoms with Gasteiger partial charge in [0, 0.05) is 11.1 Å². The molecule has 19 heavy (non-hydrogen) atoms. The molecule has 0 aliphatic carbocycles. The van der Waals surface area contributed by atoms with E-state index >= 15 is 0 Å². The number of esters is 1. The summed E-state index contributed by atoms with van der Waals surface area (Å²) in [6.07, 6.45) is 8.12. The highest BCUT2D eigenvalue weighted by atomic mass is 16.5. The summed E-state index contributed by atoms with van der Waals surface area (Å²) in [4.78, 5) is 36.8. The normalized spacial score (nSPS) is 17.1. The molecule has 0 N–H and O–H groups in total. The zero-order valence-electron chi connectivity index (χ0n) is 11.1. The molecule has 5 nitrogen and oxygen atoms in total. The molecule has 100 valence electrons. The highest BCUT2D eigenvalue weighted by molar-refractivity contribution is 6.21. The zero-order chi connectivity index (χ0) is 14.6. The molecule has 1 heterocycles. The van der Waals surface area contributed by atoms with Crippen LogP contribution in [0.3, 0.4) is 0 Å². The minimum atomic E-state index is -0.906. The van der Waals surface area contributed by atoms with Crippen LogP contribution in [-0.4, -0.2) is 35.8 Å². The van der Waals surface area contributed by atoms with Crippen LogP contribution in [0.5, 0.6) is 0 Å². The lowest BCUT2D eigenvalue weighted by Gasteiger charge is -2.23. The first-order valence-corrected chi connectivity index (χ1v) is 5.78. The van der Waals surface area contributed by atoms with Gasteiger partial charge in [-0.2, -0.15) is 0 Å². The Hall–Kier alpha value is -2.35. The summed E-state index contributed by atoms with van der Waals surface area (Å²) in [7, 11) is 1.22. The molecule has 0 saturated carbocycles. The van der Waals surface area contributed by atoms with Crippen molar-refractivity contribution >= 4 is 17.8 Å². The van der Waals surface area contributed by atoms with Crippen molar-refractivity contribution in [2.75, 3.05) is 7.11 Å². The van der Waals surface area contributed by atoms with E-state index < -0.39 is 23.8 Å². The summed E-state index contributed by atoms with van der Waals surface area (Å²) < 4.78 is 4.61. The van der Waals surface area contributed by atoms with Crippen molar-refractivity contribution in [1.29, 1.82) is 0 Å². The molecule has 0 aromatic heterocycles. The lowest BCUT2D eigenvalue weighted by Crippen LogP contribution is -2.46. The van der Waals surface area contributed by atoms with Crippen LogP contribution < -0.4 is 0 Å². The van der Waals surface area contributed by atoms with E-state index in [1.54, 1.807) is 6.92 Å². The molecule has 0 radical (unpaired) electrons. The average Bonchev–Trinajstić information content (AvgIpc) is 2.61. The number of carbonyl (C=O) groups excluding carboxylic acids is 3. The van der Waals surface area contributed by atoms with E-state index in [4.69, 9.17) is 6.42 Å². The van der Waals surface area contributed by atoms with Crippen molar-refractivity contribution in [1.82, 2.24) is 4.90 Å². The van der Waals surface area contributed by atoms with E-state index in [-0.39, 0.29) is 11.1 Å². The number of amides is 2. The monoisotopic (exact) mass is 261 g/mol. The Kier molecular flexibility index (Phi) is 4.65. The van der Waals surface area contributed by atoms with E-state index in [2.05, 4.69) is 10.7 Å². The number of nitrogens with zero attached hydrogens (tertiary/aromatic N) is 1. The highest BCUT2D eigenvalue weighted by Crippen LogP contribution is 2.25. The van der Waals surface area contributed by atoms with Gasteiger partial charge in [0.25, 0.3) is 11.8 Å². The van der Waals surface area contributed by atoms with Gasteiger partial charge in [0.05, 0.1) is 7.11 Å². The molecule has 0 bridgehead atoms. The molecular formula is C14H15NO4. The fraction of sp³-hybridized carbons (Fsp3) is 0.357. The van der Waals surface area contributed by atoms with Crippen molar-refractivity contribution in [3.05, 3.63) is 23.3 Å². The first kappa shape index (κ1) is 14.7. The van der Waals surface area contributed by atoms with Crippen molar-refractivity contribution in [3.63, 3.8) is 0 Å². The van der Waals surface area contributed by atoms with Crippen molar-refractivity contribution < 1.29 is 19.1 Å². The van der Waals surface area contributed by atoms with Gasteiger partial charge in [-0.05, 0) is 25.5 Å². The largest absolute Gasteiger partial charge is 0.467 e. The second-order valence-electron chi connectivity index (χ2n) is 3.97. The van der Waals surface area contributed by atoms with Gasteiger partial charge in [-0.3, -0.25) is 14.5 Å². The Balaban J connectivity index is 3.14. The molecule has 1 atom stereocenters. The predicted molar refractivity (Wildman–Crippen MR) is 68.6 cm³/mol. The summed E-state index contributed by atoms with van der Waals surface area (Å²) in [6, 6.07) is -0.906. The van der Waals surface area contributed by atoms with Crippen LogP contribution in [0, 0.1) is 12.3 Å². The number of hydrogen-bond acceptors (Lipinski definition) is 4. The summed E-state index contributed by atoms with van der Waals surface area (Å²) >= 11 is 0. The number of hydrogen-bond donors (Lipinski definition) is 0. The molecule has 0 aromatic rings. The van der Waals surface area contributed by atoms with E-state index in [0.29, 0.717) is 6.42 Å².